The Balaban J connectivity index is 0.00000225. The summed E-state index contributed by atoms with van der Waals surface area (Å²) in [6.45, 7) is 2.73. The number of carbonyl (C=O) groups is 1. The molecule has 5 heteroatoms. The maximum Gasteiger partial charge on any atom is 0.338 e. The highest BCUT2D eigenvalue weighted by molar-refractivity contribution is 5.91. The smallest absolute Gasteiger partial charge is 0.338 e. The minimum absolute atomic E-state index is 0. The molecule has 90 valence electrons. The van der Waals surface area contributed by atoms with Crippen molar-refractivity contribution in [3.63, 3.8) is 0 Å². The number of carbonyl (C=O) groups excluding carboxylic acids is 1. The first-order valence-corrected chi connectivity index (χ1v) is 4.71. The normalized spacial score (nSPS) is 9.19. The number of halogens is 1. The standard InChI is InChI=1S/C11H15NO3.ClH/c1-8-3-4-9(15-6-5-12)7-10(8)11(13)14-2;/h3-4,7H,5-6,12H2,1-2H3;1H. The summed E-state index contributed by atoms with van der Waals surface area (Å²) in [5, 5.41) is 0. The molecule has 0 spiro atoms. The molecule has 0 radical (unpaired) electrons. The van der Waals surface area contributed by atoms with Crippen LogP contribution in [0.4, 0.5) is 0 Å². The third kappa shape index (κ3) is 3.72. The number of rotatable bonds is 4. The zero-order valence-corrected chi connectivity index (χ0v) is 10.2. The molecule has 0 fully saturated rings. The van der Waals surface area contributed by atoms with Crippen LogP contribution in [-0.2, 0) is 4.74 Å². The van der Waals surface area contributed by atoms with Crippen LogP contribution in [0.3, 0.4) is 0 Å². The van der Waals surface area contributed by atoms with Crippen LogP contribution in [0.15, 0.2) is 18.2 Å². The summed E-state index contributed by atoms with van der Waals surface area (Å²) in [6, 6.07) is 5.28. The number of aryl methyl sites for hydroxylation is 1. The maximum atomic E-state index is 11.4. The fraction of sp³-hybridized carbons (Fsp3) is 0.364. The van der Waals surface area contributed by atoms with Crippen molar-refractivity contribution in [2.75, 3.05) is 20.3 Å². The van der Waals surface area contributed by atoms with E-state index in [1.54, 1.807) is 12.1 Å². The van der Waals surface area contributed by atoms with E-state index in [9.17, 15) is 4.79 Å². The molecular weight excluding hydrogens is 230 g/mol. The maximum absolute atomic E-state index is 11.4. The Kier molecular flexibility index (Phi) is 6.53. The molecule has 0 aliphatic heterocycles. The molecule has 16 heavy (non-hydrogen) atoms. The highest BCUT2D eigenvalue weighted by atomic mass is 35.5. The van der Waals surface area contributed by atoms with Crippen molar-refractivity contribution in [1.29, 1.82) is 0 Å². The van der Waals surface area contributed by atoms with Crippen molar-refractivity contribution < 1.29 is 14.3 Å². The van der Waals surface area contributed by atoms with Gasteiger partial charge in [0.15, 0.2) is 0 Å². The van der Waals surface area contributed by atoms with E-state index >= 15 is 0 Å². The summed E-state index contributed by atoms with van der Waals surface area (Å²) >= 11 is 0. The van der Waals surface area contributed by atoms with Gasteiger partial charge in [-0.1, -0.05) is 6.07 Å². The number of benzene rings is 1. The Labute approximate surface area is 101 Å². The van der Waals surface area contributed by atoms with Crippen molar-refractivity contribution in [1.82, 2.24) is 0 Å². The van der Waals surface area contributed by atoms with Gasteiger partial charge in [0, 0.05) is 6.54 Å². The van der Waals surface area contributed by atoms with Crippen molar-refractivity contribution in [2.24, 2.45) is 5.73 Å². The number of hydrogen-bond acceptors (Lipinski definition) is 4. The second-order valence-corrected chi connectivity index (χ2v) is 3.11. The van der Waals surface area contributed by atoms with Gasteiger partial charge in [-0.15, -0.1) is 12.4 Å². The van der Waals surface area contributed by atoms with Gasteiger partial charge in [0.1, 0.15) is 12.4 Å². The summed E-state index contributed by atoms with van der Waals surface area (Å²) in [6.07, 6.45) is 0. The van der Waals surface area contributed by atoms with E-state index in [1.165, 1.54) is 7.11 Å². The lowest BCUT2D eigenvalue weighted by Crippen LogP contribution is -2.11. The Morgan fingerprint density at radius 1 is 1.44 bits per heavy atom. The Morgan fingerprint density at radius 3 is 2.69 bits per heavy atom. The predicted molar refractivity (Wildman–Crippen MR) is 64.3 cm³/mol. The predicted octanol–water partition coefficient (Wildman–Crippen LogP) is 1.54. The summed E-state index contributed by atoms with van der Waals surface area (Å²) in [5.74, 6) is 0.275. The topological polar surface area (TPSA) is 61.5 Å². The molecule has 1 aromatic carbocycles. The van der Waals surface area contributed by atoms with Gasteiger partial charge in [-0.3, -0.25) is 0 Å². The van der Waals surface area contributed by atoms with Gasteiger partial charge in [0.05, 0.1) is 12.7 Å². The monoisotopic (exact) mass is 245 g/mol. The summed E-state index contributed by atoms with van der Waals surface area (Å²) in [7, 11) is 1.36. The van der Waals surface area contributed by atoms with Crippen LogP contribution >= 0.6 is 12.4 Å². The minimum atomic E-state index is -0.356. The minimum Gasteiger partial charge on any atom is -0.492 e. The molecule has 0 bridgehead atoms. The van der Waals surface area contributed by atoms with Crippen molar-refractivity contribution in [3.8, 4) is 5.75 Å². The first-order chi connectivity index (χ1) is 7.19. The lowest BCUT2D eigenvalue weighted by molar-refractivity contribution is 0.0599. The molecule has 0 aliphatic rings. The first kappa shape index (κ1) is 14.7. The molecule has 0 amide bonds. The highest BCUT2D eigenvalue weighted by Crippen LogP contribution is 2.17. The fourth-order valence-electron chi connectivity index (χ4n) is 1.20. The van der Waals surface area contributed by atoms with E-state index < -0.39 is 0 Å². The van der Waals surface area contributed by atoms with Crippen LogP contribution in [0.5, 0.6) is 5.75 Å². The van der Waals surface area contributed by atoms with Crippen LogP contribution in [-0.4, -0.2) is 26.2 Å². The second-order valence-electron chi connectivity index (χ2n) is 3.11. The lowest BCUT2D eigenvalue weighted by Gasteiger charge is -2.08. The molecule has 0 aromatic heterocycles. The fourth-order valence-corrected chi connectivity index (χ4v) is 1.20. The van der Waals surface area contributed by atoms with Gasteiger partial charge in [0.25, 0.3) is 0 Å². The van der Waals surface area contributed by atoms with Crippen molar-refractivity contribution >= 4 is 18.4 Å². The molecule has 1 aromatic rings. The second kappa shape index (κ2) is 7.09. The number of ether oxygens (including phenoxy) is 2. The van der Waals surface area contributed by atoms with E-state index in [1.807, 2.05) is 13.0 Å². The van der Waals surface area contributed by atoms with E-state index in [2.05, 4.69) is 4.74 Å². The van der Waals surface area contributed by atoms with Gasteiger partial charge in [-0.05, 0) is 24.6 Å². The van der Waals surface area contributed by atoms with Crippen LogP contribution < -0.4 is 10.5 Å². The Morgan fingerprint density at radius 2 is 2.12 bits per heavy atom. The summed E-state index contributed by atoms with van der Waals surface area (Å²) in [4.78, 5) is 11.4. The van der Waals surface area contributed by atoms with Crippen LogP contribution in [0.1, 0.15) is 15.9 Å². The zero-order valence-electron chi connectivity index (χ0n) is 9.36. The van der Waals surface area contributed by atoms with Crippen LogP contribution in [0, 0.1) is 6.92 Å². The quantitative estimate of drug-likeness (QED) is 0.818. The number of hydrogen-bond donors (Lipinski definition) is 1. The van der Waals surface area contributed by atoms with Crippen LogP contribution in [0.25, 0.3) is 0 Å². The van der Waals surface area contributed by atoms with Crippen molar-refractivity contribution in [3.05, 3.63) is 29.3 Å². The molecule has 0 heterocycles. The molecule has 0 unspecified atom stereocenters. The van der Waals surface area contributed by atoms with Gasteiger partial charge in [-0.2, -0.15) is 0 Å². The van der Waals surface area contributed by atoms with E-state index in [4.69, 9.17) is 10.5 Å². The highest BCUT2D eigenvalue weighted by Gasteiger charge is 2.09. The Bertz CT molecular complexity index is 355. The zero-order chi connectivity index (χ0) is 11.3. The van der Waals surface area contributed by atoms with Gasteiger partial charge in [0.2, 0.25) is 0 Å². The lowest BCUT2D eigenvalue weighted by atomic mass is 10.1. The molecule has 0 aliphatic carbocycles. The molecule has 4 nitrogen and oxygen atoms in total. The third-order valence-corrected chi connectivity index (χ3v) is 2.00. The summed E-state index contributed by atoms with van der Waals surface area (Å²) < 4.78 is 9.97. The molecule has 1 rings (SSSR count). The SMILES string of the molecule is COC(=O)c1cc(OCCN)ccc1C.Cl. The van der Waals surface area contributed by atoms with Gasteiger partial charge >= 0.3 is 5.97 Å². The number of nitrogens with two attached hydrogens (primary N) is 1. The molecule has 0 saturated carbocycles. The number of esters is 1. The molecule has 0 saturated heterocycles. The average molecular weight is 246 g/mol. The third-order valence-electron chi connectivity index (χ3n) is 2.00. The van der Waals surface area contributed by atoms with E-state index in [0.29, 0.717) is 24.5 Å². The first-order valence-electron chi connectivity index (χ1n) is 4.71. The molecule has 0 atom stereocenters. The summed E-state index contributed by atoms with van der Waals surface area (Å²) in [5.41, 5.74) is 6.70. The van der Waals surface area contributed by atoms with E-state index in [0.717, 1.165) is 5.56 Å². The largest absolute Gasteiger partial charge is 0.492 e. The van der Waals surface area contributed by atoms with E-state index in [-0.39, 0.29) is 18.4 Å². The average Bonchev–Trinajstić information content (AvgIpc) is 2.27. The molecular formula is C11H16ClNO3. The molecule has 2 N–H and O–H groups in total. The van der Waals surface area contributed by atoms with Gasteiger partial charge < -0.3 is 15.2 Å². The van der Waals surface area contributed by atoms with Gasteiger partial charge in [-0.25, -0.2) is 4.79 Å². The Hall–Kier alpha value is -1.26. The van der Waals surface area contributed by atoms with Crippen LogP contribution in [0.2, 0.25) is 0 Å². The van der Waals surface area contributed by atoms with Crippen molar-refractivity contribution in [2.45, 2.75) is 6.92 Å². The number of methoxy groups -OCH3 is 1.